The average Bonchev–Trinajstić information content (AvgIpc) is 3.40. The van der Waals surface area contributed by atoms with Crippen molar-refractivity contribution in [2.75, 3.05) is 13.1 Å². The van der Waals surface area contributed by atoms with Gasteiger partial charge in [-0.15, -0.1) is 10.2 Å². The molecule has 3 heterocycles. The van der Waals surface area contributed by atoms with E-state index in [0.717, 1.165) is 18.7 Å². The Bertz CT molecular complexity index is 818. The molecule has 2 aromatic rings. The van der Waals surface area contributed by atoms with Crippen LogP contribution < -0.4 is 4.74 Å². The second-order valence-corrected chi connectivity index (χ2v) is 8.15. The first kappa shape index (κ1) is 15.5. The Labute approximate surface area is 139 Å². The normalized spacial score (nSPS) is 18.8. The van der Waals surface area contributed by atoms with E-state index in [2.05, 4.69) is 20.2 Å². The fourth-order valence-electron chi connectivity index (χ4n) is 2.81. The van der Waals surface area contributed by atoms with Crippen LogP contribution in [0.15, 0.2) is 18.7 Å². The summed E-state index contributed by atoms with van der Waals surface area (Å²) in [7, 11) is -3.15. The van der Waals surface area contributed by atoms with Gasteiger partial charge in [-0.25, -0.2) is 18.4 Å². The van der Waals surface area contributed by atoms with Crippen LogP contribution in [-0.2, 0) is 29.6 Å². The molecule has 1 aliphatic heterocycles. The van der Waals surface area contributed by atoms with Crippen molar-refractivity contribution < 1.29 is 13.2 Å². The highest BCUT2D eigenvalue weighted by molar-refractivity contribution is 7.90. The Morgan fingerprint density at radius 1 is 1.12 bits per heavy atom. The largest absolute Gasteiger partial charge is 0.482 e. The van der Waals surface area contributed by atoms with Crippen molar-refractivity contribution in [1.29, 1.82) is 0 Å². The molecule has 2 aliphatic rings. The summed E-state index contributed by atoms with van der Waals surface area (Å²) in [5, 5.41) is 8.18. The van der Waals surface area contributed by atoms with Crippen molar-refractivity contribution in [2.24, 2.45) is 0 Å². The maximum atomic E-state index is 12.4. The van der Waals surface area contributed by atoms with E-state index in [-0.39, 0.29) is 11.9 Å². The maximum Gasteiger partial charge on any atom is 0.217 e. The van der Waals surface area contributed by atoms with Crippen LogP contribution in [0, 0.1) is 0 Å². The Morgan fingerprint density at radius 3 is 2.67 bits per heavy atom. The summed E-state index contributed by atoms with van der Waals surface area (Å²) >= 11 is 0. The number of nitrogens with zero attached hydrogens (tertiary/aromatic N) is 6. The quantitative estimate of drug-likeness (QED) is 0.747. The topological polar surface area (TPSA) is 103 Å². The van der Waals surface area contributed by atoms with Gasteiger partial charge in [-0.1, -0.05) is 0 Å². The standard InChI is InChI=1S/C14H18N6O3S/c21-24(22,12-1-2-12)19-4-3-13-17-18-14(20(13)6-5-19)9-23-11-7-15-10-16-8-11/h7-8,10,12H,1-6,9H2. The number of sulfonamides is 1. The maximum absolute atomic E-state index is 12.4. The summed E-state index contributed by atoms with van der Waals surface area (Å²) in [5.74, 6) is 2.03. The van der Waals surface area contributed by atoms with Gasteiger partial charge < -0.3 is 9.30 Å². The monoisotopic (exact) mass is 350 g/mol. The Kier molecular flexibility index (Phi) is 3.93. The van der Waals surface area contributed by atoms with Crippen molar-refractivity contribution >= 4 is 10.0 Å². The predicted molar refractivity (Wildman–Crippen MR) is 83.6 cm³/mol. The van der Waals surface area contributed by atoms with Crippen LogP contribution in [-0.4, -0.2) is 55.8 Å². The van der Waals surface area contributed by atoms with Crippen molar-refractivity contribution in [3.8, 4) is 5.75 Å². The van der Waals surface area contributed by atoms with Crippen LogP contribution in [0.5, 0.6) is 5.75 Å². The lowest BCUT2D eigenvalue weighted by atomic mass is 10.4. The first-order valence-electron chi connectivity index (χ1n) is 7.92. The van der Waals surface area contributed by atoms with Crippen molar-refractivity contribution in [1.82, 2.24) is 29.0 Å². The highest BCUT2D eigenvalue weighted by Crippen LogP contribution is 2.31. The molecule has 0 radical (unpaired) electrons. The van der Waals surface area contributed by atoms with E-state index in [4.69, 9.17) is 4.74 Å². The number of rotatable bonds is 5. The van der Waals surface area contributed by atoms with Crippen molar-refractivity contribution in [3.63, 3.8) is 0 Å². The number of ether oxygens (including phenoxy) is 1. The van der Waals surface area contributed by atoms with Gasteiger partial charge in [0.2, 0.25) is 10.0 Å². The molecule has 1 saturated carbocycles. The van der Waals surface area contributed by atoms with Gasteiger partial charge in [0.1, 0.15) is 18.8 Å². The fraction of sp³-hybridized carbons (Fsp3) is 0.571. The van der Waals surface area contributed by atoms with Gasteiger partial charge in [-0.2, -0.15) is 4.31 Å². The molecule has 0 N–H and O–H groups in total. The molecule has 9 nitrogen and oxygen atoms in total. The van der Waals surface area contributed by atoms with Crippen LogP contribution in [0.2, 0.25) is 0 Å². The summed E-state index contributed by atoms with van der Waals surface area (Å²) in [4.78, 5) is 7.79. The zero-order valence-corrected chi connectivity index (χ0v) is 13.9. The third-order valence-electron chi connectivity index (χ3n) is 4.27. The SMILES string of the molecule is O=S(=O)(C1CC1)N1CCc2nnc(COc3cncnc3)n2CC1. The van der Waals surface area contributed by atoms with Gasteiger partial charge in [-0.05, 0) is 12.8 Å². The molecule has 128 valence electrons. The molecule has 0 amide bonds. The second-order valence-electron chi connectivity index (χ2n) is 5.94. The molecule has 1 aliphatic carbocycles. The van der Waals surface area contributed by atoms with E-state index < -0.39 is 10.0 Å². The predicted octanol–water partition coefficient (Wildman–Crippen LogP) is -0.00260. The lowest BCUT2D eigenvalue weighted by Crippen LogP contribution is -2.36. The number of hydrogen-bond acceptors (Lipinski definition) is 7. The molecule has 2 aromatic heterocycles. The summed E-state index contributed by atoms with van der Waals surface area (Å²) in [5.41, 5.74) is 0. The highest BCUT2D eigenvalue weighted by Gasteiger charge is 2.40. The van der Waals surface area contributed by atoms with Crippen molar-refractivity contribution in [3.05, 3.63) is 30.4 Å². The lowest BCUT2D eigenvalue weighted by Gasteiger charge is -2.19. The molecule has 0 aromatic carbocycles. The molecule has 0 unspecified atom stereocenters. The fourth-order valence-corrected chi connectivity index (χ4v) is 4.64. The van der Waals surface area contributed by atoms with Crippen LogP contribution in [0.3, 0.4) is 0 Å². The molecule has 1 fully saturated rings. The van der Waals surface area contributed by atoms with E-state index >= 15 is 0 Å². The van der Waals surface area contributed by atoms with Gasteiger partial charge in [-0.3, -0.25) is 0 Å². The molecule has 24 heavy (non-hydrogen) atoms. The Hall–Kier alpha value is -2.07. The molecule has 0 spiro atoms. The van der Waals surface area contributed by atoms with E-state index in [0.29, 0.717) is 37.6 Å². The molecule has 0 atom stereocenters. The van der Waals surface area contributed by atoms with Gasteiger partial charge >= 0.3 is 0 Å². The van der Waals surface area contributed by atoms with Crippen LogP contribution >= 0.6 is 0 Å². The molecule has 0 bridgehead atoms. The van der Waals surface area contributed by atoms with Crippen LogP contribution in [0.4, 0.5) is 0 Å². The van der Waals surface area contributed by atoms with Gasteiger partial charge in [0.15, 0.2) is 11.6 Å². The first-order chi connectivity index (χ1) is 11.6. The Morgan fingerprint density at radius 2 is 1.92 bits per heavy atom. The van der Waals surface area contributed by atoms with E-state index in [1.807, 2.05) is 4.57 Å². The average molecular weight is 350 g/mol. The molecule has 4 rings (SSSR count). The lowest BCUT2D eigenvalue weighted by molar-refractivity contribution is 0.285. The van der Waals surface area contributed by atoms with Crippen LogP contribution in [0.25, 0.3) is 0 Å². The third kappa shape index (κ3) is 2.98. The molecular formula is C14H18N6O3S. The highest BCUT2D eigenvalue weighted by atomic mass is 32.2. The number of hydrogen-bond donors (Lipinski definition) is 0. The first-order valence-corrected chi connectivity index (χ1v) is 9.42. The minimum atomic E-state index is -3.15. The molecular weight excluding hydrogens is 332 g/mol. The zero-order chi connectivity index (χ0) is 16.6. The van der Waals surface area contributed by atoms with Crippen molar-refractivity contribution in [2.45, 2.75) is 37.7 Å². The van der Waals surface area contributed by atoms with Gasteiger partial charge in [0, 0.05) is 26.1 Å². The van der Waals surface area contributed by atoms with Crippen LogP contribution in [0.1, 0.15) is 24.5 Å². The molecule has 10 heteroatoms. The van der Waals surface area contributed by atoms with Gasteiger partial charge in [0.05, 0.1) is 17.6 Å². The number of aromatic nitrogens is 5. The summed E-state index contributed by atoms with van der Waals surface area (Å²) in [6.45, 7) is 1.70. The second kappa shape index (κ2) is 6.10. The minimum Gasteiger partial charge on any atom is -0.482 e. The molecule has 0 saturated heterocycles. The zero-order valence-electron chi connectivity index (χ0n) is 13.1. The summed E-state index contributed by atoms with van der Waals surface area (Å²) < 4.78 is 34.0. The summed E-state index contributed by atoms with van der Waals surface area (Å²) in [6.07, 6.45) is 6.72. The summed E-state index contributed by atoms with van der Waals surface area (Å²) in [6, 6.07) is 0. The Balaban J connectivity index is 1.46. The third-order valence-corrected chi connectivity index (χ3v) is 6.67. The van der Waals surface area contributed by atoms with E-state index in [1.165, 1.54) is 6.33 Å². The smallest absolute Gasteiger partial charge is 0.217 e. The minimum absolute atomic E-state index is 0.179. The number of fused-ring (bicyclic) bond motifs is 1. The van der Waals surface area contributed by atoms with Gasteiger partial charge in [0.25, 0.3) is 0 Å². The van der Waals surface area contributed by atoms with E-state index in [1.54, 1.807) is 16.7 Å². The van der Waals surface area contributed by atoms with E-state index in [9.17, 15) is 8.42 Å².